The van der Waals surface area contributed by atoms with E-state index in [-0.39, 0.29) is 11.6 Å². The molecule has 0 unspecified atom stereocenters. The van der Waals surface area contributed by atoms with Crippen molar-refractivity contribution < 1.29 is 9.53 Å². The summed E-state index contributed by atoms with van der Waals surface area (Å²) in [7, 11) is 1.62. The highest BCUT2D eigenvalue weighted by atomic mass is 16.5. The standard InChI is InChI=1S/C21H27N7O2/c1-21(2,3)27-12-11-26(20(27)29)10-9-23-18-5-6-19-24-13-16(28(19)25-18)15-7-8-22-14-17(15)30-4/h5-8,13-14H,9-12H2,1-4H3,(H,23,25). The topological polar surface area (TPSA) is 87.9 Å². The first-order valence-corrected chi connectivity index (χ1v) is 10.0. The monoisotopic (exact) mass is 409 g/mol. The molecule has 0 saturated carbocycles. The van der Waals surface area contributed by atoms with Gasteiger partial charge in [0.05, 0.1) is 25.2 Å². The molecule has 1 aliphatic heterocycles. The Bertz CT molecular complexity index is 1060. The smallest absolute Gasteiger partial charge is 0.320 e. The highest BCUT2D eigenvalue weighted by Crippen LogP contribution is 2.29. The van der Waals surface area contributed by atoms with Crippen LogP contribution in [-0.4, -0.2) is 74.2 Å². The van der Waals surface area contributed by atoms with E-state index in [2.05, 4.69) is 41.2 Å². The van der Waals surface area contributed by atoms with Crippen LogP contribution in [0, 0.1) is 0 Å². The lowest BCUT2D eigenvalue weighted by molar-refractivity contribution is 0.156. The van der Waals surface area contributed by atoms with Crippen LogP contribution in [-0.2, 0) is 0 Å². The molecule has 1 aliphatic rings. The summed E-state index contributed by atoms with van der Waals surface area (Å²) in [5.74, 6) is 1.38. The number of rotatable bonds is 6. The van der Waals surface area contributed by atoms with Crippen LogP contribution in [0.25, 0.3) is 16.9 Å². The van der Waals surface area contributed by atoms with E-state index in [4.69, 9.17) is 4.74 Å². The van der Waals surface area contributed by atoms with Gasteiger partial charge in [-0.15, -0.1) is 5.10 Å². The van der Waals surface area contributed by atoms with Gasteiger partial charge in [0, 0.05) is 43.5 Å². The third kappa shape index (κ3) is 3.74. The summed E-state index contributed by atoms with van der Waals surface area (Å²) in [5.41, 5.74) is 2.28. The van der Waals surface area contributed by atoms with Crippen molar-refractivity contribution in [2.75, 3.05) is 38.6 Å². The van der Waals surface area contributed by atoms with Gasteiger partial charge in [-0.25, -0.2) is 14.3 Å². The van der Waals surface area contributed by atoms with Gasteiger partial charge in [0.2, 0.25) is 0 Å². The summed E-state index contributed by atoms with van der Waals surface area (Å²) < 4.78 is 7.20. The number of nitrogens with zero attached hydrogens (tertiary/aromatic N) is 6. The molecule has 0 aliphatic carbocycles. The molecule has 0 aromatic carbocycles. The first-order valence-electron chi connectivity index (χ1n) is 10.0. The molecule has 158 valence electrons. The zero-order chi connectivity index (χ0) is 21.3. The summed E-state index contributed by atoms with van der Waals surface area (Å²) in [6.45, 7) is 8.94. The number of fused-ring (bicyclic) bond motifs is 1. The second kappa shape index (κ2) is 7.81. The van der Waals surface area contributed by atoms with E-state index in [1.165, 1.54) is 0 Å². The van der Waals surface area contributed by atoms with Crippen LogP contribution in [0.2, 0.25) is 0 Å². The highest BCUT2D eigenvalue weighted by Gasteiger charge is 2.35. The molecule has 1 N–H and O–H groups in total. The van der Waals surface area contributed by atoms with Crippen molar-refractivity contribution >= 4 is 17.5 Å². The number of ether oxygens (including phenoxy) is 1. The quantitative estimate of drug-likeness (QED) is 0.674. The first kappa shape index (κ1) is 19.9. The van der Waals surface area contributed by atoms with E-state index in [0.29, 0.717) is 24.7 Å². The number of anilines is 1. The van der Waals surface area contributed by atoms with E-state index in [1.54, 1.807) is 30.2 Å². The van der Waals surface area contributed by atoms with E-state index in [9.17, 15) is 4.79 Å². The minimum Gasteiger partial charge on any atom is -0.494 e. The number of imidazole rings is 1. The van der Waals surface area contributed by atoms with Gasteiger partial charge < -0.3 is 19.9 Å². The number of pyridine rings is 1. The predicted octanol–water partition coefficient (Wildman–Crippen LogP) is 2.75. The number of urea groups is 1. The zero-order valence-corrected chi connectivity index (χ0v) is 17.8. The number of carbonyl (C=O) groups is 1. The summed E-state index contributed by atoms with van der Waals surface area (Å²) in [4.78, 5) is 24.9. The zero-order valence-electron chi connectivity index (χ0n) is 17.8. The van der Waals surface area contributed by atoms with Crippen molar-refractivity contribution in [2.24, 2.45) is 0 Å². The Labute approximate surface area is 175 Å². The number of carbonyl (C=O) groups excluding carboxylic acids is 1. The van der Waals surface area contributed by atoms with Crippen molar-refractivity contribution in [3.63, 3.8) is 0 Å². The number of amides is 2. The predicted molar refractivity (Wildman–Crippen MR) is 115 cm³/mol. The molecule has 2 amide bonds. The fraction of sp³-hybridized carbons (Fsp3) is 0.429. The van der Waals surface area contributed by atoms with Crippen molar-refractivity contribution in [3.8, 4) is 17.0 Å². The average molecular weight is 409 g/mol. The van der Waals surface area contributed by atoms with Gasteiger partial charge in [-0.2, -0.15) is 0 Å². The largest absolute Gasteiger partial charge is 0.494 e. The minimum absolute atomic E-state index is 0.0920. The maximum atomic E-state index is 12.6. The number of methoxy groups -OCH3 is 1. The summed E-state index contributed by atoms with van der Waals surface area (Å²) in [6, 6.07) is 5.77. The lowest BCUT2D eigenvalue weighted by atomic mass is 10.1. The Balaban J connectivity index is 1.47. The molecular formula is C21H27N7O2. The SMILES string of the molecule is COc1cnccc1-c1cnc2ccc(NCCN3CCN(C(C)(C)C)C3=O)nn12. The van der Waals surface area contributed by atoms with Crippen LogP contribution in [0.1, 0.15) is 20.8 Å². The van der Waals surface area contributed by atoms with Crippen molar-refractivity contribution in [2.45, 2.75) is 26.3 Å². The third-order valence-electron chi connectivity index (χ3n) is 5.24. The molecule has 4 heterocycles. The number of hydrogen-bond acceptors (Lipinski definition) is 6. The van der Waals surface area contributed by atoms with Gasteiger partial charge in [-0.05, 0) is 39.0 Å². The molecule has 0 atom stereocenters. The molecular weight excluding hydrogens is 382 g/mol. The molecule has 9 nitrogen and oxygen atoms in total. The third-order valence-corrected chi connectivity index (χ3v) is 5.24. The number of aromatic nitrogens is 4. The van der Waals surface area contributed by atoms with Crippen molar-refractivity contribution in [1.29, 1.82) is 0 Å². The van der Waals surface area contributed by atoms with E-state index < -0.39 is 0 Å². The first-order chi connectivity index (χ1) is 14.4. The van der Waals surface area contributed by atoms with Crippen LogP contribution >= 0.6 is 0 Å². The van der Waals surface area contributed by atoms with E-state index >= 15 is 0 Å². The fourth-order valence-electron chi connectivity index (χ4n) is 3.64. The Morgan fingerprint density at radius 1 is 1.17 bits per heavy atom. The normalized spacial score (nSPS) is 14.6. The van der Waals surface area contributed by atoms with Gasteiger partial charge in [-0.1, -0.05) is 0 Å². The second-order valence-corrected chi connectivity index (χ2v) is 8.23. The molecule has 4 rings (SSSR count). The number of hydrogen-bond donors (Lipinski definition) is 1. The van der Waals surface area contributed by atoms with E-state index in [0.717, 1.165) is 30.0 Å². The molecule has 0 bridgehead atoms. The fourth-order valence-corrected chi connectivity index (χ4v) is 3.64. The summed E-state index contributed by atoms with van der Waals surface area (Å²) in [6.07, 6.45) is 5.16. The Hall–Kier alpha value is -3.36. The van der Waals surface area contributed by atoms with Crippen LogP contribution in [0.5, 0.6) is 5.75 Å². The minimum atomic E-state index is -0.155. The van der Waals surface area contributed by atoms with Gasteiger partial charge in [0.1, 0.15) is 11.6 Å². The molecule has 3 aromatic heterocycles. The lowest BCUT2D eigenvalue weighted by Gasteiger charge is -2.31. The van der Waals surface area contributed by atoms with E-state index in [1.807, 2.05) is 28.0 Å². The molecule has 1 saturated heterocycles. The highest BCUT2D eigenvalue weighted by molar-refractivity contribution is 5.77. The van der Waals surface area contributed by atoms with Crippen LogP contribution < -0.4 is 10.1 Å². The van der Waals surface area contributed by atoms with Gasteiger partial charge in [-0.3, -0.25) is 4.98 Å². The maximum Gasteiger partial charge on any atom is 0.320 e. The Kier molecular flexibility index (Phi) is 5.19. The molecule has 1 fully saturated rings. The van der Waals surface area contributed by atoms with Crippen LogP contribution in [0.4, 0.5) is 10.6 Å². The average Bonchev–Trinajstić information content (AvgIpc) is 3.31. The van der Waals surface area contributed by atoms with Gasteiger partial charge in [0.25, 0.3) is 0 Å². The molecule has 30 heavy (non-hydrogen) atoms. The maximum absolute atomic E-state index is 12.6. The molecule has 0 spiro atoms. The van der Waals surface area contributed by atoms with Crippen molar-refractivity contribution in [3.05, 3.63) is 36.8 Å². The molecule has 3 aromatic rings. The van der Waals surface area contributed by atoms with Crippen LogP contribution in [0.15, 0.2) is 36.8 Å². The lowest BCUT2D eigenvalue weighted by Crippen LogP contribution is -2.44. The van der Waals surface area contributed by atoms with Gasteiger partial charge >= 0.3 is 6.03 Å². The summed E-state index contributed by atoms with van der Waals surface area (Å²) >= 11 is 0. The van der Waals surface area contributed by atoms with Gasteiger partial charge in [0.15, 0.2) is 5.65 Å². The number of nitrogens with one attached hydrogen (secondary N) is 1. The molecule has 0 radical (unpaired) electrons. The molecule has 9 heteroatoms. The Morgan fingerprint density at radius 2 is 2.00 bits per heavy atom. The van der Waals surface area contributed by atoms with Crippen molar-refractivity contribution in [1.82, 2.24) is 29.4 Å². The summed E-state index contributed by atoms with van der Waals surface area (Å²) in [5, 5.41) is 8.00. The Morgan fingerprint density at radius 3 is 2.73 bits per heavy atom. The second-order valence-electron chi connectivity index (χ2n) is 8.23. The van der Waals surface area contributed by atoms with Crippen LogP contribution in [0.3, 0.4) is 0 Å².